The second kappa shape index (κ2) is 6.14. The fraction of sp³-hybridized carbons (Fsp3) is 0.214. The van der Waals surface area contributed by atoms with Gasteiger partial charge in [-0.1, -0.05) is 11.6 Å². The van der Waals surface area contributed by atoms with Crippen LogP contribution < -0.4 is 16.2 Å². The highest BCUT2D eigenvalue weighted by atomic mass is 35.5. The molecule has 25 heavy (non-hydrogen) atoms. The SMILES string of the molecule is N=C(N)NC(=O)c1cnn(-c2cc(S(N)(=O)=O)ccc2Cl)c1C1CC1. The Kier molecular flexibility index (Phi) is 4.27. The molecule has 0 aliphatic heterocycles. The predicted molar refractivity (Wildman–Crippen MR) is 91.3 cm³/mol. The summed E-state index contributed by atoms with van der Waals surface area (Å²) in [5, 5.41) is 19.0. The third-order valence-corrected chi connectivity index (χ3v) is 4.97. The molecule has 3 rings (SSSR count). The molecular weight excluding hydrogens is 368 g/mol. The first-order valence-corrected chi connectivity index (χ1v) is 9.17. The predicted octanol–water partition coefficient (Wildman–Crippen LogP) is 0.674. The average Bonchev–Trinajstić information content (AvgIpc) is 3.24. The molecular formula is C14H15ClN6O3S. The molecule has 6 N–H and O–H groups in total. The highest BCUT2D eigenvalue weighted by molar-refractivity contribution is 7.89. The van der Waals surface area contributed by atoms with E-state index in [1.807, 2.05) is 0 Å². The van der Waals surface area contributed by atoms with E-state index < -0.39 is 21.9 Å². The normalized spacial score (nSPS) is 14.3. The number of amides is 1. The van der Waals surface area contributed by atoms with Crippen LogP contribution in [0.2, 0.25) is 5.02 Å². The Morgan fingerprint density at radius 1 is 1.40 bits per heavy atom. The number of rotatable bonds is 4. The molecule has 2 aromatic rings. The van der Waals surface area contributed by atoms with Crippen LogP contribution in [0, 0.1) is 5.41 Å². The minimum Gasteiger partial charge on any atom is -0.370 e. The van der Waals surface area contributed by atoms with Crippen molar-refractivity contribution in [3.63, 3.8) is 0 Å². The second-order valence-corrected chi connectivity index (χ2v) is 7.62. The lowest BCUT2D eigenvalue weighted by Gasteiger charge is -2.11. The molecule has 0 atom stereocenters. The highest BCUT2D eigenvalue weighted by Crippen LogP contribution is 2.43. The van der Waals surface area contributed by atoms with Gasteiger partial charge in [0.2, 0.25) is 10.0 Å². The van der Waals surface area contributed by atoms with Gasteiger partial charge in [0.25, 0.3) is 5.91 Å². The molecule has 132 valence electrons. The maximum absolute atomic E-state index is 12.2. The van der Waals surface area contributed by atoms with E-state index in [0.717, 1.165) is 12.8 Å². The molecule has 11 heteroatoms. The number of nitrogens with two attached hydrogens (primary N) is 2. The van der Waals surface area contributed by atoms with Gasteiger partial charge < -0.3 is 5.73 Å². The summed E-state index contributed by atoms with van der Waals surface area (Å²) in [5.74, 6) is -0.947. The van der Waals surface area contributed by atoms with Crippen LogP contribution in [0.1, 0.15) is 34.8 Å². The van der Waals surface area contributed by atoms with Gasteiger partial charge in [-0.25, -0.2) is 18.2 Å². The maximum atomic E-state index is 12.2. The molecule has 0 spiro atoms. The number of guanidine groups is 1. The first-order valence-electron chi connectivity index (χ1n) is 7.24. The van der Waals surface area contributed by atoms with E-state index in [1.54, 1.807) is 0 Å². The van der Waals surface area contributed by atoms with E-state index in [1.165, 1.54) is 29.1 Å². The first kappa shape index (κ1) is 17.4. The molecule has 1 aliphatic rings. The number of halogens is 1. The smallest absolute Gasteiger partial charge is 0.261 e. The number of nitrogens with one attached hydrogen (secondary N) is 2. The standard InChI is InChI=1S/C14H15ClN6O3S/c15-10-4-3-8(25(18,23)24)5-11(10)21-12(7-1-2-7)9(6-19-21)13(22)20-14(16)17/h3-7H,1-2H2,(H2,18,23,24)(H4,16,17,20,22). The zero-order valence-corrected chi connectivity index (χ0v) is 14.4. The van der Waals surface area contributed by atoms with Crippen molar-refractivity contribution in [2.75, 3.05) is 0 Å². The summed E-state index contributed by atoms with van der Waals surface area (Å²) in [6, 6.07) is 4.01. The van der Waals surface area contributed by atoms with Crippen molar-refractivity contribution < 1.29 is 13.2 Å². The van der Waals surface area contributed by atoms with Crippen molar-refractivity contribution in [1.82, 2.24) is 15.1 Å². The number of benzene rings is 1. The Balaban J connectivity index is 2.14. The summed E-state index contributed by atoms with van der Waals surface area (Å²) in [7, 11) is -3.92. The number of carbonyl (C=O) groups excluding carboxylic acids is 1. The molecule has 0 radical (unpaired) electrons. The Hall–Kier alpha value is -2.43. The van der Waals surface area contributed by atoms with Crippen LogP contribution in [0.15, 0.2) is 29.3 Å². The molecule has 0 unspecified atom stereocenters. The van der Waals surface area contributed by atoms with Gasteiger partial charge in [-0.15, -0.1) is 0 Å². The molecule has 1 aromatic heterocycles. The number of sulfonamides is 1. The number of aromatic nitrogens is 2. The van der Waals surface area contributed by atoms with Crippen molar-refractivity contribution in [2.45, 2.75) is 23.7 Å². The van der Waals surface area contributed by atoms with E-state index >= 15 is 0 Å². The van der Waals surface area contributed by atoms with Gasteiger partial charge in [-0.2, -0.15) is 5.10 Å². The van der Waals surface area contributed by atoms with Crippen LogP contribution >= 0.6 is 11.6 Å². The number of nitrogens with zero attached hydrogens (tertiary/aromatic N) is 2. The Labute approximate surface area is 148 Å². The van der Waals surface area contributed by atoms with Crippen molar-refractivity contribution in [3.8, 4) is 5.69 Å². The quantitative estimate of drug-likeness (QED) is 0.451. The number of carbonyl (C=O) groups is 1. The summed E-state index contributed by atoms with van der Waals surface area (Å²) in [5.41, 5.74) is 6.36. The van der Waals surface area contributed by atoms with E-state index in [2.05, 4.69) is 10.4 Å². The molecule has 1 fully saturated rings. The van der Waals surface area contributed by atoms with Gasteiger partial charge >= 0.3 is 0 Å². The molecule has 1 heterocycles. The number of primary sulfonamides is 1. The van der Waals surface area contributed by atoms with Crippen molar-refractivity contribution in [3.05, 3.63) is 40.7 Å². The van der Waals surface area contributed by atoms with Gasteiger partial charge in [-0.3, -0.25) is 15.5 Å². The Morgan fingerprint density at radius 3 is 2.64 bits per heavy atom. The van der Waals surface area contributed by atoms with Gasteiger partial charge in [0.15, 0.2) is 5.96 Å². The van der Waals surface area contributed by atoms with Crippen LogP contribution in [0.25, 0.3) is 5.69 Å². The summed E-state index contributed by atoms with van der Waals surface area (Å²) in [4.78, 5) is 12.1. The summed E-state index contributed by atoms with van der Waals surface area (Å²) < 4.78 is 24.6. The Morgan fingerprint density at radius 2 is 2.08 bits per heavy atom. The Bertz CT molecular complexity index is 980. The molecule has 0 saturated heterocycles. The van der Waals surface area contributed by atoms with Crippen molar-refractivity contribution in [1.29, 1.82) is 5.41 Å². The molecule has 9 nitrogen and oxygen atoms in total. The molecule has 1 saturated carbocycles. The molecule has 0 bridgehead atoms. The van der Waals surface area contributed by atoms with Gasteiger partial charge in [0.1, 0.15) is 0 Å². The van der Waals surface area contributed by atoms with Crippen molar-refractivity contribution >= 4 is 33.5 Å². The summed E-state index contributed by atoms with van der Waals surface area (Å²) >= 11 is 6.20. The first-order chi connectivity index (χ1) is 11.7. The molecule has 1 amide bonds. The fourth-order valence-corrected chi connectivity index (χ4v) is 3.23. The average molecular weight is 383 g/mol. The maximum Gasteiger partial charge on any atom is 0.261 e. The van der Waals surface area contributed by atoms with E-state index in [-0.39, 0.29) is 21.4 Å². The zero-order valence-electron chi connectivity index (χ0n) is 12.9. The molecule has 1 aliphatic carbocycles. The third-order valence-electron chi connectivity index (χ3n) is 3.74. The minimum atomic E-state index is -3.92. The van der Waals surface area contributed by atoms with Crippen molar-refractivity contribution in [2.24, 2.45) is 10.9 Å². The lowest BCUT2D eigenvalue weighted by Crippen LogP contribution is -2.36. The topological polar surface area (TPSA) is 157 Å². The summed E-state index contributed by atoms with van der Waals surface area (Å²) in [6.45, 7) is 0. The van der Waals surface area contributed by atoms with Gasteiger partial charge in [0, 0.05) is 5.92 Å². The third kappa shape index (κ3) is 3.50. The fourth-order valence-electron chi connectivity index (χ4n) is 2.50. The number of hydrogen-bond donors (Lipinski definition) is 4. The molecule has 1 aromatic carbocycles. The van der Waals surface area contributed by atoms with Crippen LogP contribution in [0.3, 0.4) is 0 Å². The lowest BCUT2D eigenvalue weighted by molar-refractivity contribution is 0.0975. The van der Waals surface area contributed by atoms with E-state index in [9.17, 15) is 13.2 Å². The zero-order chi connectivity index (χ0) is 18.4. The number of hydrogen-bond acceptors (Lipinski definition) is 5. The lowest BCUT2D eigenvalue weighted by atomic mass is 10.1. The van der Waals surface area contributed by atoms with Crippen LogP contribution in [-0.4, -0.2) is 30.1 Å². The van der Waals surface area contributed by atoms with E-state index in [0.29, 0.717) is 11.4 Å². The van der Waals surface area contributed by atoms with Crippen LogP contribution in [0.4, 0.5) is 0 Å². The van der Waals surface area contributed by atoms with Crippen LogP contribution in [-0.2, 0) is 10.0 Å². The second-order valence-electron chi connectivity index (χ2n) is 5.66. The van der Waals surface area contributed by atoms with E-state index in [4.69, 9.17) is 27.9 Å². The van der Waals surface area contributed by atoms with Crippen LogP contribution in [0.5, 0.6) is 0 Å². The monoisotopic (exact) mass is 382 g/mol. The van der Waals surface area contributed by atoms with Gasteiger partial charge in [0.05, 0.1) is 33.1 Å². The van der Waals surface area contributed by atoms with Gasteiger partial charge in [-0.05, 0) is 31.0 Å². The highest BCUT2D eigenvalue weighted by Gasteiger charge is 2.33. The summed E-state index contributed by atoms with van der Waals surface area (Å²) in [6.07, 6.45) is 3.06. The largest absolute Gasteiger partial charge is 0.370 e. The minimum absolute atomic E-state index is 0.0874.